The van der Waals surface area contributed by atoms with Crippen LogP contribution in [0, 0.1) is 0 Å². The SMILES string of the molecule is CCc1ccc(NC(=O)CSc2nnc(-c3cc(Cl)ccc3OC)n2CC)cc1. The van der Waals surface area contributed by atoms with Gasteiger partial charge in [-0.15, -0.1) is 10.2 Å². The van der Waals surface area contributed by atoms with Gasteiger partial charge in [0.1, 0.15) is 5.75 Å². The lowest BCUT2D eigenvalue weighted by Crippen LogP contribution is -2.14. The highest BCUT2D eigenvalue weighted by molar-refractivity contribution is 7.99. The van der Waals surface area contributed by atoms with Crippen LogP contribution < -0.4 is 10.1 Å². The zero-order valence-electron chi connectivity index (χ0n) is 16.6. The molecule has 29 heavy (non-hydrogen) atoms. The Morgan fingerprint density at radius 1 is 1.17 bits per heavy atom. The van der Waals surface area contributed by atoms with Gasteiger partial charge in [-0.1, -0.05) is 42.4 Å². The van der Waals surface area contributed by atoms with Crippen molar-refractivity contribution in [3.05, 3.63) is 53.1 Å². The third-order valence-electron chi connectivity index (χ3n) is 4.41. The van der Waals surface area contributed by atoms with E-state index in [2.05, 4.69) is 22.4 Å². The average Bonchev–Trinajstić information content (AvgIpc) is 3.15. The molecule has 0 atom stereocenters. The van der Waals surface area contributed by atoms with E-state index < -0.39 is 0 Å². The molecule has 0 fully saturated rings. The molecule has 1 heterocycles. The van der Waals surface area contributed by atoms with Gasteiger partial charge in [-0.25, -0.2) is 0 Å². The first-order valence-corrected chi connectivity index (χ1v) is 10.7. The van der Waals surface area contributed by atoms with Gasteiger partial charge in [-0.2, -0.15) is 0 Å². The number of methoxy groups -OCH3 is 1. The maximum atomic E-state index is 12.3. The second-order valence-corrected chi connectivity index (χ2v) is 7.66. The molecule has 0 bridgehead atoms. The summed E-state index contributed by atoms with van der Waals surface area (Å²) in [6.45, 7) is 4.76. The summed E-state index contributed by atoms with van der Waals surface area (Å²) in [5.74, 6) is 1.47. The lowest BCUT2D eigenvalue weighted by Gasteiger charge is -2.11. The van der Waals surface area contributed by atoms with Crippen molar-refractivity contribution in [3.8, 4) is 17.1 Å². The van der Waals surface area contributed by atoms with Crippen molar-refractivity contribution >= 4 is 35.0 Å². The summed E-state index contributed by atoms with van der Waals surface area (Å²) in [6, 6.07) is 13.2. The fourth-order valence-electron chi connectivity index (χ4n) is 2.89. The predicted octanol–water partition coefficient (Wildman–Crippen LogP) is 4.92. The Morgan fingerprint density at radius 2 is 1.93 bits per heavy atom. The van der Waals surface area contributed by atoms with Crippen molar-refractivity contribution < 1.29 is 9.53 Å². The Balaban J connectivity index is 1.72. The fourth-order valence-corrected chi connectivity index (χ4v) is 3.86. The van der Waals surface area contributed by atoms with E-state index in [0.29, 0.717) is 28.3 Å². The van der Waals surface area contributed by atoms with Crippen LogP contribution in [-0.4, -0.2) is 33.5 Å². The molecule has 0 saturated heterocycles. The largest absolute Gasteiger partial charge is 0.496 e. The minimum Gasteiger partial charge on any atom is -0.496 e. The molecular weight excluding hydrogens is 408 g/mol. The van der Waals surface area contributed by atoms with Crippen LogP contribution in [0.3, 0.4) is 0 Å². The summed E-state index contributed by atoms with van der Waals surface area (Å²) in [7, 11) is 1.60. The highest BCUT2D eigenvalue weighted by Gasteiger charge is 2.18. The van der Waals surface area contributed by atoms with Crippen molar-refractivity contribution in [3.63, 3.8) is 0 Å². The van der Waals surface area contributed by atoms with Crippen molar-refractivity contribution in [2.24, 2.45) is 0 Å². The van der Waals surface area contributed by atoms with Crippen molar-refractivity contribution in [1.29, 1.82) is 0 Å². The number of benzene rings is 2. The highest BCUT2D eigenvalue weighted by atomic mass is 35.5. The van der Waals surface area contributed by atoms with E-state index in [9.17, 15) is 4.79 Å². The van der Waals surface area contributed by atoms with Crippen molar-refractivity contribution in [1.82, 2.24) is 14.8 Å². The van der Waals surface area contributed by atoms with Crippen LogP contribution in [0.15, 0.2) is 47.6 Å². The monoisotopic (exact) mass is 430 g/mol. The molecule has 1 N–H and O–H groups in total. The summed E-state index contributed by atoms with van der Waals surface area (Å²) in [6.07, 6.45) is 0.969. The second kappa shape index (κ2) is 9.80. The molecule has 8 heteroatoms. The van der Waals surface area contributed by atoms with Crippen LogP contribution in [0.25, 0.3) is 11.4 Å². The van der Waals surface area contributed by atoms with E-state index in [1.165, 1.54) is 17.3 Å². The standard InChI is InChI=1S/C21H23ClN4O2S/c1-4-14-6-9-16(10-7-14)23-19(27)13-29-21-25-24-20(26(21)5-2)17-12-15(22)8-11-18(17)28-3/h6-12H,4-5,13H2,1-3H3,(H,23,27). The average molecular weight is 431 g/mol. The van der Waals surface area contributed by atoms with Gasteiger partial charge in [0, 0.05) is 17.3 Å². The van der Waals surface area contributed by atoms with Gasteiger partial charge in [0.2, 0.25) is 5.91 Å². The number of anilines is 1. The zero-order chi connectivity index (χ0) is 20.8. The minimum atomic E-state index is -0.0909. The molecule has 0 radical (unpaired) electrons. The number of thioether (sulfide) groups is 1. The number of carbonyl (C=O) groups excluding carboxylic acids is 1. The maximum Gasteiger partial charge on any atom is 0.234 e. The molecular formula is C21H23ClN4O2S. The molecule has 0 aliphatic heterocycles. The number of ether oxygens (including phenoxy) is 1. The Morgan fingerprint density at radius 3 is 2.59 bits per heavy atom. The highest BCUT2D eigenvalue weighted by Crippen LogP contribution is 2.33. The van der Waals surface area contributed by atoms with Gasteiger partial charge in [0.15, 0.2) is 11.0 Å². The van der Waals surface area contributed by atoms with Crippen LogP contribution in [-0.2, 0) is 17.8 Å². The molecule has 0 unspecified atom stereocenters. The van der Waals surface area contributed by atoms with Gasteiger partial charge >= 0.3 is 0 Å². The Hall–Kier alpha value is -2.51. The topological polar surface area (TPSA) is 69.0 Å². The Bertz CT molecular complexity index is 989. The van der Waals surface area contributed by atoms with E-state index in [1.54, 1.807) is 25.3 Å². The predicted molar refractivity (Wildman–Crippen MR) is 118 cm³/mol. The molecule has 3 aromatic rings. The molecule has 152 valence electrons. The first-order valence-electron chi connectivity index (χ1n) is 9.34. The second-order valence-electron chi connectivity index (χ2n) is 6.28. The number of hydrogen-bond acceptors (Lipinski definition) is 5. The van der Waals surface area contributed by atoms with Gasteiger partial charge in [0.25, 0.3) is 0 Å². The molecule has 1 aromatic heterocycles. The number of aromatic nitrogens is 3. The van der Waals surface area contributed by atoms with E-state index in [-0.39, 0.29) is 11.7 Å². The molecule has 0 aliphatic rings. The van der Waals surface area contributed by atoms with Crippen LogP contribution >= 0.6 is 23.4 Å². The van der Waals surface area contributed by atoms with Crippen LogP contribution in [0.4, 0.5) is 5.69 Å². The zero-order valence-corrected chi connectivity index (χ0v) is 18.2. The molecule has 2 aromatic carbocycles. The third kappa shape index (κ3) is 5.10. The van der Waals surface area contributed by atoms with Crippen molar-refractivity contribution in [2.45, 2.75) is 32.0 Å². The van der Waals surface area contributed by atoms with Crippen molar-refractivity contribution in [2.75, 3.05) is 18.2 Å². The van der Waals surface area contributed by atoms with E-state index in [1.807, 2.05) is 35.8 Å². The molecule has 0 aliphatic carbocycles. The fraction of sp³-hybridized carbons (Fsp3) is 0.286. The number of aryl methyl sites for hydroxylation is 1. The van der Waals surface area contributed by atoms with Crippen LogP contribution in [0.5, 0.6) is 5.75 Å². The quantitative estimate of drug-likeness (QED) is 0.513. The number of hydrogen-bond donors (Lipinski definition) is 1. The van der Waals surface area contributed by atoms with Gasteiger partial charge in [-0.05, 0) is 49.2 Å². The first kappa shape index (κ1) is 21.2. The molecule has 0 saturated carbocycles. The summed E-state index contributed by atoms with van der Waals surface area (Å²) in [4.78, 5) is 12.3. The number of halogens is 1. The first-order chi connectivity index (χ1) is 14.0. The van der Waals surface area contributed by atoms with Crippen LogP contribution in [0.1, 0.15) is 19.4 Å². The van der Waals surface area contributed by atoms with E-state index in [4.69, 9.17) is 16.3 Å². The van der Waals surface area contributed by atoms with Crippen LogP contribution in [0.2, 0.25) is 5.02 Å². The molecule has 0 spiro atoms. The Kier molecular flexibility index (Phi) is 7.17. The minimum absolute atomic E-state index is 0.0909. The molecule has 6 nitrogen and oxygen atoms in total. The summed E-state index contributed by atoms with van der Waals surface area (Å²) < 4.78 is 7.38. The lowest BCUT2D eigenvalue weighted by atomic mass is 10.1. The number of nitrogens with one attached hydrogen (secondary N) is 1. The lowest BCUT2D eigenvalue weighted by molar-refractivity contribution is -0.113. The number of nitrogens with zero attached hydrogens (tertiary/aromatic N) is 3. The maximum absolute atomic E-state index is 12.3. The summed E-state index contributed by atoms with van der Waals surface area (Å²) in [5.41, 5.74) is 2.79. The molecule has 3 rings (SSSR count). The third-order valence-corrected chi connectivity index (χ3v) is 5.62. The number of carbonyl (C=O) groups is 1. The van der Waals surface area contributed by atoms with Gasteiger partial charge < -0.3 is 14.6 Å². The summed E-state index contributed by atoms with van der Waals surface area (Å²) >= 11 is 7.50. The van der Waals surface area contributed by atoms with Gasteiger partial charge in [-0.3, -0.25) is 4.79 Å². The normalized spacial score (nSPS) is 10.8. The Labute approximate surface area is 179 Å². The summed E-state index contributed by atoms with van der Waals surface area (Å²) in [5, 5.41) is 12.7. The van der Waals surface area contributed by atoms with Gasteiger partial charge in [0.05, 0.1) is 18.4 Å². The smallest absolute Gasteiger partial charge is 0.234 e. The number of rotatable bonds is 8. The number of amides is 1. The molecule has 1 amide bonds. The van der Waals surface area contributed by atoms with E-state index >= 15 is 0 Å². The van der Waals surface area contributed by atoms with E-state index in [0.717, 1.165) is 17.7 Å².